The zero-order valence-electron chi connectivity index (χ0n) is 13.2. The minimum atomic E-state index is -0.898. The summed E-state index contributed by atoms with van der Waals surface area (Å²) in [7, 11) is 0. The Morgan fingerprint density at radius 3 is 2.74 bits per heavy atom. The topological polar surface area (TPSA) is 53.4 Å². The number of hydrogen-bond donors (Lipinski definition) is 1. The summed E-state index contributed by atoms with van der Waals surface area (Å²) in [4.78, 5) is 17.9. The summed E-state index contributed by atoms with van der Waals surface area (Å²) in [6.45, 7) is 2.60. The fraction of sp³-hybridized carbons (Fsp3) is 0.368. The van der Waals surface area contributed by atoms with Crippen LogP contribution in [0, 0.1) is 0 Å². The van der Waals surface area contributed by atoms with Crippen molar-refractivity contribution in [3.63, 3.8) is 0 Å². The Hall–Kier alpha value is -2.20. The van der Waals surface area contributed by atoms with E-state index in [1.54, 1.807) is 18.3 Å². The van der Waals surface area contributed by atoms with Gasteiger partial charge in [0.05, 0.1) is 11.3 Å². The van der Waals surface area contributed by atoms with Gasteiger partial charge in [-0.05, 0) is 56.0 Å². The second-order valence-electron chi connectivity index (χ2n) is 6.12. The standard InChI is InChI=1S/C19H22N2O2/c22-19(23)17-9-4-11-20-18(17)14-21-12-5-8-16(10-13-21)15-6-2-1-3-7-15/h1-4,6-7,9,11,16H,5,8,10,12-14H2,(H,22,23). The van der Waals surface area contributed by atoms with Crippen LogP contribution in [0.2, 0.25) is 0 Å². The number of likely N-dealkylation sites (tertiary alicyclic amines) is 1. The molecular weight excluding hydrogens is 288 g/mol. The van der Waals surface area contributed by atoms with E-state index in [1.165, 1.54) is 12.0 Å². The first-order valence-electron chi connectivity index (χ1n) is 8.18. The van der Waals surface area contributed by atoms with E-state index in [-0.39, 0.29) is 0 Å². The second kappa shape index (κ2) is 7.38. The van der Waals surface area contributed by atoms with Crippen LogP contribution in [0.25, 0.3) is 0 Å². The number of aromatic nitrogens is 1. The van der Waals surface area contributed by atoms with Gasteiger partial charge in [-0.3, -0.25) is 9.88 Å². The summed E-state index contributed by atoms with van der Waals surface area (Å²) in [5.74, 6) is -0.297. The second-order valence-corrected chi connectivity index (χ2v) is 6.12. The Labute approximate surface area is 136 Å². The van der Waals surface area contributed by atoms with Crippen LogP contribution in [0.5, 0.6) is 0 Å². The van der Waals surface area contributed by atoms with Gasteiger partial charge in [0.1, 0.15) is 0 Å². The smallest absolute Gasteiger partial charge is 0.337 e. The highest BCUT2D eigenvalue weighted by Crippen LogP contribution is 2.28. The van der Waals surface area contributed by atoms with Gasteiger partial charge in [0.25, 0.3) is 0 Å². The summed E-state index contributed by atoms with van der Waals surface area (Å²) in [5, 5.41) is 9.28. The molecular formula is C19H22N2O2. The maximum Gasteiger partial charge on any atom is 0.337 e. The van der Waals surface area contributed by atoms with Gasteiger partial charge in [-0.25, -0.2) is 4.79 Å². The van der Waals surface area contributed by atoms with Gasteiger partial charge in [0.2, 0.25) is 0 Å². The molecule has 1 saturated heterocycles. The van der Waals surface area contributed by atoms with Crippen molar-refractivity contribution in [2.75, 3.05) is 13.1 Å². The summed E-state index contributed by atoms with van der Waals surface area (Å²) in [6.07, 6.45) is 5.11. The summed E-state index contributed by atoms with van der Waals surface area (Å²) < 4.78 is 0. The van der Waals surface area contributed by atoms with Crippen molar-refractivity contribution >= 4 is 5.97 Å². The van der Waals surface area contributed by atoms with E-state index < -0.39 is 5.97 Å². The molecule has 1 aromatic carbocycles. The largest absolute Gasteiger partial charge is 0.478 e. The average Bonchev–Trinajstić information content (AvgIpc) is 2.82. The fourth-order valence-electron chi connectivity index (χ4n) is 3.34. The van der Waals surface area contributed by atoms with Crippen LogP contribution in [0.1, 0.15) is 46.8 Å². The summed E-state index contributed by atoms with van der Waals surface area (Å²) in [5.41, 5.74) is 2.40. The van der Waals surface area contributed by atoms with Crippen LogP contribution in [0.15, 0.2) is 48.7 Å². The number of pyridine rings is 1. The van der Waals surface area contributed by atoms with E-state index in [2.05, 4.69) is 40.2 Å². The number of nitrogens with zero attached hydrogens (tertiary/aromatic N) is 2. The Morgan fingerprint density at radius 1 is 1.13 bits per heavy atom. The molecule has 0 saturated carbocycles. The molecule has 2 heterocycles. The highest BCUT2D eigenvalue weighted by molar-refractivity contribution is 5.88. The molecule has 1 atom stereocenters. The molecule has 1 fully saturated rings. The SMILES string of the molecule is O=C(O)c1cccnc1CN1CCCC(c2ccccc2)CC1. The fourth-order valence-corrected chi connectivity index (χ4v) is 3.34. The number of carboxylic acid groups (broad SMARTS) is 1. The highest BCUT2D eigenvalue weighted by atomic mass is 16.4. The third kappa shape index (κ3) is 3.96. The van der Waals surface area contributed by atoms with E-state index in [4.69, 9.17) is 0 Å². The Morgan fingerprint density at radius 2 is 1.96 bits per heavy atom. The van der Waals surface area contributed by atoms with Crippen LogP contribution in [0.3, 0.4) is 0 Å². The first-order chi connectivity index (χ1) is 11.2. The molecule has 0 aliphatic carbocycles. The Balaban J connectivity index is 1.66. The van der Waals surface area contributed by atoms with Gasteiger partial charge < -0.3 is 5.11 Å². The maximum absolute atomic E-state index is 11.3. The monoisotopic (exact) mass is 310 g/mol. The molecule has 0 amide bonds. The number of hydrogen-bond acceptors (Lipinski definition) is 3. The van der Waals surface area contributed by atoms with Crippen molar-refractivity contribution in [1.29, 1.82) is 0 Å². The van der Waals surface area contributed by atoms with Gasteiger partial charge in [0.15, 0.2) is 0 Å². The van der Waals surface area contributed by atoms with Gasteiger partial charge in [-0.1, -0.05) is 30.3 Å². The molecule has 23 heavy (non-hydrogen) atoms. The predicted molar refractivity (Wildman–Crippen MR) is 89.5 cm³/mol. The van der Waals surface area contributed by atoms with Gasteiger partial charge in [-0.2, -0.15) is 0 Å². The van der Waals surface area contributed by atoms with E-state index >= 15 is 0 Å². The average molecular weight is 310 g/mol. The van der Waals surface area contributed by atoms with Crippen LogP contribution in [-0.2, 0) is 6.54 Å². The summed E-state index contributed by atoms with van der Waals surface area (Å²) >= 11 is 0. The molecule has 0 bridgehead atoms. The van der Waals surface area contributed by atoms with Gasteiger partial charge in [-0.15, -0.1) is 0 Å². The van der Waals surface area contributed by atoms with Crippen molar-refractivity contribution in [3.8, 4) is 0 Å². The zero-order chi connectivity index (χ0) is 16.1. The first-order valence-corrected chi connectivity index (χ1v) is 8.18. The first kappa shape index (κ1) is 15.7. The van der Waals surface area contributed by atoms with Crippen molar-refractivity contribution in [3.05, 3.63) is 65.5 Å². The quantitative estimate of drug-likeness (QED) is 0.938. The zero-order valence-corrected chi connectivity index (χ0v) is 13.2. The number of aromatic carboxylic acids is 1. The lowest BCUT2D eigenvalue weighted by Gasteiger charge is -2.20. The minimum Gasteiger partial charge on any atom is -0.478 e. The molecule has 120 valence electrons. The molecule has 1 aromatic heterocycles. The van der Waals surface area contributed by atoms with Gasteiger partial charge >= 0.3 is 5.97 Å². The summed E-state index contributed by atoms with van der Waals surface area (Å²) in [6, 6.07) is 14.0. The van der Waals surface area contributed by atoms with Crippen LogP contribution < -0.4 is 0 Å². The molecule has 4 nitrogen and oxygen atoms in total. The Bertz CT molecular complexity index is 657. The lowest BCUT2D eigenvalue weighted by molar-refractivity contribution is 0.0693. The minimum absolute atomic E-state index is 0.316. The van der Waals surface area contributed by atoms with Crippen LogP contribution in [0.4, 0.5) is 0 Å². The molecule has 1 N–H and O–H groups in total. The van der Waals surface area contributed by atoms with E-state index in [0.29, 0.717) is 23.7 Å². The van der Waals surface area contributed by atoms with Gasteiger partial charge in [0, 0.05) is 12.7 Å². The van der Waals surface area contributed by atoms with Crippen molar-refractivity contribution in [2.45, 2.75) is 31.7 Å². The maximum atomic E-state index is 11.3. The molecule has 0 spiro atoms. The predicted octanol–water partition coefficient (Wildman–Crippen LogP) is 3.55. The molecule has 0 radical (unpaired) electrons. The number of benzene rings is 1. The molecule has 1 unspecified atom stereocenters. The molecule has 2 aromatic rings. The van der Waals surface area contributed by atoms with E-state index in [1.807, 2.05) is 0 Å². The lowest BCUT2D eigenvalue weighted by atomic mass is 9.92. The van der Waals surface area contributed by atoms with E-state index in [0.717, 1.165) is 25.9 Å². The molecule has 1 aliphatic heterocycles. The highest BCUT2D eigenvalue weighted by Gasteiger charge is 2.20. The molecule has 1 aliphatic rings. The third-order valence-corrected chi connectivity index (χ3v) is 4.59. The third-order valence-electron chi connectivity index (χ3n) is 4.59. The number of rotatable bonds is 4. The van der Waals surface area contributed by atoms with E-state index in [9.17, 15) is 9.90 Å². The molecule has 3 rings (SSSR count). The van der Waals surface area contributed by atoms with Crippen LogP contribution in [-0.4, -0.2) is 34.0 Å². The normalized spacial score (nSPS) is 19.2. The molecule has 4 heteroatoms. The number of carboxylic acids is 1. The Kier molecular flexibility index (Phi) is 5.03. The van der Waals surface area contributed by atoms with Crippen LogP contribution >= 0.6 is 0 Å². The van der Waals surface area contributed by atoms with Crippen molar-refractivity contribution in [1.82, 2.24) is 9.88 Å². The van der Waals surface area contributed by atoms with Crippen molar-refractivity contribution in [2.24, 2.45) is 0 Å². The number of carbonyl (C=O) groups is 1. The lowest BCUT2D eigenvalue weighted by Crippen LogP contribution is -2.26. The van der Waals surface area contributed by atoms with Crippen molar-refractivity contribution < 1.29 is 9.90 Å².